The Bertz CT molecular complexity index is 429. The average Bonchev–Trinajstić information content (AvgIpc) is 2.51. The SMILES string of the molecule is CCCNC(c1ccncc1CC)C1CCC(C)C(C)C1. The van der Waals surface area contributed by atoms with E-state index in [-0.39, 0.29) is 0 Å². The minimum atomic E-state index is 0.512. The predicted octanol–water partition coefficient (Wildman–Crippen LogP) is 4.76. The fourth-order valence-electron chi connectivity index (χ4n) is 3.76. The first-order valence-electron chi connectivity index (χ1n) is 8.83. The van der Waals surface area contributed by atoms with Crippen LogP contribution in [0.5, 0.6) is 0 Å². The molecule has 0 bridgehead atoms. The fourth-order valence-corrected chi connectivity index (χ4v) is 3.76. The van der Waals surface area contributed by atoms with Gasteiger partial charge in [-0.1, -0.05) is 34.1 Å². The highest BCUT2D eigenvalue weighted by molar-refractivity contribution is 5.27. The molecule has 1 saturated carbocycles. The van der Waals surface area contributed by atoms with Gasteiger partial charge >= 0.3 is 0 Å². The van der Waals surface area contributed by atoms with Gasteiger partial charge in [-0.15, -0.1) is 0 Å². The molecule has 118 valence electrons. The molecule has 1 N–H and O–H groups in total. The molecule has 1 fully saturated rings. The Morgan fingerprint density at radius 2 is 2.05 bits per heavy atom. The second-order valence-electron chi connectivity index (χ2n) is 6.89. The number of hydrogen-bond donors (Lipinski definition) is 1. The molecule has 2 nitrogen and oxygen atoms in total. The monoisotopic (exact) mass is 288 g/mol. The van der Waals surface area contributed by atoms with Crippen LogP contribution in [-0.4, -0.2) is 11.5 Å². The van der Waals surface area contributed by atoms with Crippen molar-refractivity contribution in [1.29, 1.82) is 0 Å². The minimum Gasteiger partial charge on any atom is -0.310 e. The Kier molecular flexibility index (Phi) is 6.22. The zero-order valence-corrected chi connectivity index (χ0v) is 14.2. The van der Waals surface area contributed by atoms with Crippen molar-refractivity contribution < 1.29 is 0 Å². The van der Waals surface area contributed by atoms with Gasteiger partial charge in [0.1, 0.15) is 0 Å². The van der Waals surface area contributed by atoms with E-state index in [1.54, 1.807) is 0 Å². The van der Waals surface area contributed by atoms with Crippen LogP contribution in [0.2, 0.25) is 0 Å². The molecule has 0 aliphatic heterocycles. The normalized spacial score (nSPS) is 27.5. The minimum absolute atomic E-state index is 0.512. The molecule has 2 heteroatoms. The summed E-state index contributed by atoms with van der Waals surface area (Å²) in [6.07, 6.45) is 10.4. The molecule has 0 amide bonds. The lowest BCUT2D eigenvalue weighted by atomic mass is 9.71. The van der Waals surface area contributed by atoms with E-state index in [0.717, 1.165) is 30.7 Å². The second-order valence-corrected chi connectivity index (χ2v) is 6.89. The Balaban J connectivity index is 2.21. The van der Waals surface area contributed by atoms with Gasteiger partial charge < -0.3 is 5.32 Å². The molecule has 1 heterocycles. The highest BCUT2D eigenvalue weighted by Crippen LogP contribution is 2.40. The summed E-state index contributed by atoms with van der Waals surface area (Å²) in [6, 6.07) is 2.76. The first kappa shape index (κ1) is 16.5. The van der Waals surface area contributed by atoms with Crippen molar-refractivity contribution >= 4 is 0 Å². The van der Waals surface area contributed by atoms with Gasteiger partial charge in [0.25, 0.3) is 0 Å². The number of rotatable bonds is 6. The van der Waals surface area contributed by atoms with Crippen LogP contribution in [0.3, 0.4) is 0 Å². The molecule has 0 aromatic carbocycles. The summed E-state index contributed by atoms with van der Waals surface area (Å²) >= 11 is 0. The Hall–Kier alpha value is -0.890. The van der Waals surface area contributed by atoms with Crippen LogP contribution in [0.1, 0.15) is 70.5 Å². The molecule has 1 aromatic heterocycles. The average molecular weight is 288 g/mol. The van der Waals surface area contributed by atoms with E-state index in [4.69, 9.17) is 0 Å². The lowest BCUT2D eigenvalue weighted by molar-refractivity contribution is 0.170. The van der Waals surface area contributed by atoms with Crippen LogP contribution >= 0.6 is 0 Å². The van der Waals surface area contributed by atoms with E-state index in [9.17, 15) is 0 Å². The lowest BCUT2D eigenvalue weighted by Gasteiger charge is -2.38. The van der Waals surface area contributed by atoms with E-state index < -0.39 is 0 Å². The zero-order chi connectivity index (χ0) is 15.2. The fraction of sp³-hybridized carbons (Fsp3) is 0.737. The summed E-state index contributed by atoms with van der Waals surface area (Å²) < 4.78 is 0. The third-order valence-corrected chi connectivity index (χ3v) is 5.38. The van der Waals surface area contributed by atoms with E-state index >= 15 is 0 Å². The van der Waals surface area contributed by atoms with Gasteiger partial charge in [0, 0.05) is 18.4 Å². The maximum atomic E-state index is 4.32. The highest BCUT2D eigenvalue weighted by Gasteiger charge is 2.31. The standard InChI is InChI=1S/C19H32N2/c1-5-10-21-19(17-8-7-14(3)15(4)12-17)18-9-11-20-13-16(18)6-2/h9,11,13-15,17,19,21H,5-8,10,12H2,1-4H3. The Labute approximate surface area is 130 Å². The first-order chi connectivity index (χ1) is 10.2. The van der Waals surface area contributed by atoms with Crippen molar-refractivity contribution in [3.8, 4) is 0 Å². The molecule has 0 spiro atoms. The van der Waals surface area contributed by atoms with Crippen molar-refractivity contribution in [2.45, 2.75) is 65.8 Å². The molecule has 2 rings (SSSR count). The van der Waals surface area contributed by atoms with Crippen molar-refractivity contribution in [2.75, 3.05) is 6.54 Å². The second kappa shape index (κ2) is 7.93. The molecule has 21 heavy (non-hydrogen) atoms. The maximum absolute atomic E-state index is 4.32. The zero-order valence-electron chi connectivity index (χ0n) is 14.2. The van der Waals surface area contributed by atoms with Gasteiger partial charge in [-0.2, -0.15) is 0 Å². The van der Waals surface area contributed by atoms with Crippen LogP contribution in [-0.2, 0) is 6.42 Å². The first-order valence-corrected chi connectivity index (χ1v) is 8.83. The summed E-state index contributed by atoms with van der Waals surface area (Å²) in [6.45, 7) is 10.4. The Morgan fingerprint density at radius 1 is 1.24 bits per heavy atom. The van der Waals surface area contributed by atoms with Gasteiger partial charge in [-0.3, -0.25) is 4.98 Å². The quantitative estimate of drug-likeness (QED) is 0.816. The molecular weight excluding hydrogens is 256 g/mol. The number of aromatic nitrogens is 1. The van der Waals surface area contributed by atoms with Crippen LogP contribution in [0, 0.1) is 17.8 Å². The van der Waals surface area contributed by atoms with Crippen LogP contribution in [0.15, 0.2) is 18.5 Å². The summed E-state index contributed by atoms with van der Waals surface area (Å²) in [5.74, 6) is 2.51. The molecule has 0 radical (unpaired) electrons. The number of aryl methyl sites for hydroxylation is 1. The van der Waals surface area contributed by atoms with Gasteiger partial charge in [-0.05, 0) is 67.2 Å². The highest BCUT2D eigenvalue weighted by atomic mass is 14.9. The van der Waals surface area contributed by atoms with Crippen LogP contribution in [0.25, 0.3) is 0 Å². The van der Waals surface area contributed by atoms with Crippen molar-refractivity contribution in [3.05, 3.63) is 29.6 Å². The van der Waals surface area contributed by atoms with Crippen LogP contribution < -0.4 is 5.32 Å². The van der Waals surface area contributed by atoms with Gasteiger partial charge in [0.2, 0.25) is 0 Å². The molecule has 1 aliphatic rings. The lowest BCUT2D eigenvalue weighted by Crippen LogP contribution is -2.34. The van der Waals surface area contributed by atoms with E-state index in [2.05, 4.69) is 50.3 Å². The molecule has 1 aromatic rings. The summed E-state index contributed by atoms with van der Waals surface area (Å²) in [4.78, 5) is 4.32. The van der Waals surface area contributed by atoms with Crippen molar-refractivity contribution in [2.24, 2.45) is 17.8 Å². The van der Waals surface area contributed by atoms with Crippen molar-refractivity contribution in [3.63, 3.8) is 0 Å². The predicted molar refractivity (Wildman–Crippen MR) is 90.3 cm³/mol. The topological polar surface area (TPSA) is 24.9 Å². The molecule has 4 unspecified atom stereocenters. The third-order valence-electron chi connectivity index (χ3n) is 5.38. The van der Waals surface area contributed by atoms with E-state index in [1.807, 2.05) is 6.20 Å². The largest absolute Gasteiger partial charge is 0.310 e. The van der Waals surface area contributed by atoms with Gasteiger partial charge in [0.05, 0.1) is 0 Å². The molecular formula is C19H32N2. The maximum Gasteiger partial charge on any atom is 0.0352 e. The Morgan fingerprint density at radius 3 is 2.71 bits per heavy atom. The number of nitrogens with zero attached hydrogens (tertiary/aromatic N) is 1. The molecule has 4 atom stereocenters. The van der Waals surface area contributed by atoms with Gasteiger partial charge in [0.15, 0.2) is 0 Å². The summed E-state index contributed by atoms with van der Waals surface area (Å²) in [5.41, 5.74) is 2.91. The third kappa shape index (κ3) is 4.06. The van der Waals surface area contributed by atoms with Crippen molar-refractivity contribution in [1.82, 2.24) is 10.3 Å². The number of hydrogen-bond acceptors (Lipinski definition) is 2. The number of nitrogens with one attached hydrogen (secondary N) is 1. The molecule has 0 saturated heterocycles. The molecule has 1 aliphatic carbocycles. The summed E-state index contributed by atoms with van der Waals surface area (Å²) in [5, 5.41) is 3.84. The number of pyridine rings is 1. The van der Waals surface area contributed by atoms with E-state index in [1.165, 1.54) is 36.8 Å². The van der Waals surface area contributed by atoms with Crippen LogP contribution in [0.4, 0.5) is 0 Å². The van der Waals surface area contributed by atoms with Gasteiger partial charge in [-0.25, -0.2) is 0 Å². The summed E-state index contributed by atoms with van der Waals surface area (Å²) in [7, 11) is 0. The smallest absolute Gasteiger partial charge is 0.0352 e. The van der Waals surface area contributed by atoms with E-state index in [0.29, 0.717) is 6.04 Å².